The lowest BCUT2D eigenvalue weighted by Gasteiger charge is -2.35. The van der Waals surface area contributed by atoms with Crippen LogP contribution in [0.25, 0.3) is 0 Å². The van der Waals surface area contributed by atoms with Crippen molar-refractivity contribution in [1.82, 2.24) is 10.2 Å². The summed E-state index contributed by atoms with van der Waals surface area (Å²) in [5.74, 6) is 0.897. The molecule has 1 aliphatic carbocycles. The molecule has 0 bridgehead atoms. The molecular weight excluding hydrogens is 244 g/mol. The fourth-order valence-electron chi connectivity index (χ4n) is 3.33. The van der Waals surface area contributed by atoms with Crippen LogP contribution in [-0.4, -0.2) is 31.1 Å². The van der Waals surface area contributed by atoms with Gasteiger partial charge < -0.3 is 5.32 Å². The van der Waals surface area contributed by atoms with Crippen LogP contribution < -0.4 is 5.32 Å². The molecule has 1 aromatic carbocycles. The summed E-state index contributed by atoms with van der Waals surface area (Å²) in [6.45, 7) is 11.5. The Hall–Kier alpha value is -0.860. The molecule has 2 nitrogen and oxygen atoms in total. The quantitative estimate of drug-likeness (QED) is 0.908. The zero-order chi connectivity index (χ0) is 14.2. The maximum atomic E-state index is 3.47. The summed E-state index contributed by atoms with van der Waals surface area (Å²) in [4.78, 5) is 2.69. The van der Waals surface area contributed by atoms with Gasteiger partial charge in [0.2, 0.25) is 0 Å². The zero-order valence-corrected chi connectivity index (χ0v) is 13.2. The van der Waals surface area contributed by atoms with Gasteiger partial charge in [0.05, 0.1) is 0 Å². The zero-order valence-electron chi connectivity index (χ0n) is 13.2. The third-order valence-electron chi connectivity index (χ3n) is 4.73. The molecule has 1 aliphatic heterocycles. The van der Waals surface area contributed by atoms with Crippen LogP contribution >= 0.6 is 0 Å². The van der Waals surface area contributed by atoms with Crippen molar-refractivity contribution in [2.45, 2.75) is 45.1 Å². The number of hydrogen-bond donors (Lipinski definition) is 1. The second-order valence-corrected chi connectivity index (χ2v) is 7.44. The third kappa shape index (κ3) is 3.07. The molecule has 1 aromatic rings. The van der Waals surface area contributed by atoms with E-state index in [1.54, 1.807) is 0 Å². The molecule has 2 fully saturated rings. The first-order valence-electron chi connectivity index (χ1n) is 8.11. The van der Waals surface area contributed by atoms with Crippen LogP contribution in [0.2, 0.25) is 0 Å². The molecule has 110 valence electrons. The Kier molecular flexibility index (Phi) is 3.87. The van der Waals surface area contributed by atoms with Crippen molar-refractivity contribution in [3.63, 3.8) is 0 Å². The van der Waals surface area contributed by atoms with Crippen molar-refractivity contribution in [2.24, 2.45) is 5.92 Å². The van der Waals surface area contributed by atoms with Crippen molar-refractivity contribution in [2.75, 3.05) is 26.2 Å². The van der Waals surface area contributed by atoms with Crippen molar-refractivity contribution < 1.29 is 0 Å². The first-order valence-corrected chi connectivity index (χ1v) is 8.11. The first kappa shape index (κ1) is 14.1. The Morgan fingerprint density at radius 3 is 2.15 bits per heavy atom. The van der Waals surface area contributed by atoms with E-state index in [1.807, 2.05) is 0 Å². The Labute approximate surface area is 123 Å². The average Bonchev–Trinajstić information content (AvgIpc) is 3.25. The van der Waals surface area contributed by atoms with E-state index < -0.39 is 0 Å². The Balaban J connectivity index is 1.80. The van der Waals surface area contributed by atoms with Crippen LogP contribution in [0.4, 0.5) is 0 Å². The van der Waals surface area contributed by atoms with Crippen LogP contribution in [0.15, 0.2) is 24.3 Å². The maximum Gasteiger partial charge on any atom is 0.0377 e. The Morgan fingerprint density at radius 1 is 1.05 bits per heavy atom. The van der Waals surface area contributed by atoms with Gasteiger partial charge in [0, 0.05) is 32.2 Å². The van der Waals surface area contributed by atoms with E-state index in [2.05, 4.69) is 55.3 Å². The normalized spacial score (nSPS) is 22.8. The summed E-state index contributed by atoms with van der Waals surface area (Å²) in [7, 11) is 0. The molecule has 1 saturated heterocycles. The molecule has 1 atom stereocenters. The molecular formula is C18H28N2. The molecule has 1 saturated carbocycles. The van der Waals surface area contributed by atoms with Crippen LogP contribution in [-0.2, 0) is 5.41 Å². The molecule has 0 amide bonds. The number of benzene rings is 1. The monoisotopic (exact) mass is 272 g/mol. The van der Waals surface area contributed by atoms with Crippen molar-refractivity contribution in [1.29, 1.82) is 0 Å². The Bertz CT molecular complexity index is 433. The predicted octanol–water partition coefficient (Wildman–Crippen LogP) is 3.34. The minimum Gasteiger partial charge on any atom is -0.314 e. The van der Waals surface area contributed by atoms with E-state index >= 15 is 0 Å². The molecule has 0 radical (unpaired) electrons. The summed E-state index contributed by atoms with van der Waals surface area (Å²) in [6.07, 6.45) is 2.82. The number of hydrogen-bond acceptors (Lipinski definition) is 2. The predicted molar refractivity (Wildman–Crippen MR) is 85.0 cm³/mol. The van der Waals surface area contributed by atoms with Crippen molar-refractivity contribution >= 4 is 0 Å². The summed E-state index contributed by atoms with van der Waals surface area (Å²) >= 11 is 0. The van der Waals surface area contributed by atoms with Crippen LogP contribution in [0.1, 0.15) is 50.8 Å². The number of nitrogens with one attached hydrogen (secondary N) is 1. The molecule has 1 N–H and O–H groups in total. The summed E-state index contributed by atoms with van der Waals surface area (Å²) in [5, 5.41) is 3.47. The lowest BCUT2D eigenvalue weighted by molar-refractivity contribution is 0.156. The highest BCUT2D eigenvalue weighted by molar-refractivity contribution is 5.30. The molecule has 2 aliphatic rings. The molecule has 2 heteroatoms. The molecule has 1 heterocycles. The maximum absolute atomic E-state index is 3.47. The summed E-state index contributed by atoms with van der Waals surface area (Å²) in [6, 6.07) is 10.1. The molecule has 0 unspecified atom stereocenters. The van der Waals surface area contributed by atoms with E-state index in [4.69, 9.17) is 0 Å². The van der Waals surface area contributed by atoms with Crippen molar-refractivity contribution in [3.8, 4) is 0 Å². The summed E-state index contributed by atoms with van der Waals surface area (Å²) in [5.41, 5.74) is 3.22. The van der Waals surface area contributed by atoms with Gasteiger partial charge in [-0.05, 0) is 35.3 Å². The van der Waals surface area contributed by atoms with Crippen LogP contribution in [0.5, 0.6) is 0 Å². The highest BCUT2D eigenvalue weighted by Gasteiger charge is 2.36. The Morgan fingerprint density at radius 2 is 1.65 bits per heavy atom. The number of piperazine rings is 1. The average molecular weight is 272 g/mol. The fourth-order valence-corrected chi connectivity index (χ4v) is 3.33. The SMILES string of the molecule is CC(C)(C)c1ccc([C@@H](C2CC2)N2CCNCC2)cc1. The minimum absolute atomic E-state index is 0.253. The number of rotatable bonds is 3. The first-order chi connectivity index (χ1) is 9.55. The van der Waals surface area contributed by atoms with Crippen LogP contribution in [0.3, 0.4) is 0 Å². The van der Waals surface area contributed by atoms with Gasteiger partial charge in [-0.15, -0.1) is 0 Å². The van der Waals surface area contributed by atoms with Crippen LogP contribution in [0, 0.1) is 5.92 Å². The van der Waals surface area contributed by atoms with Gasteiger partial charge in [-0.3, -0.25) is 4.90 Å². The lowest BCUT2D eigenvalue weighted by atomic mass is 9.86. The van der Waals surface area contributed by atoms with Gasteiger partial charge in [-0.2, -0.15) is 0 Å². The molecule has 20 heavy (non-hydrogen) atoms. The second-order valence-electron chi connectivity index (χ2n) is 7.44. The lowest BCUT2D eigenvalue weighted by Crippen LogP contribution is -2.45. The second kappa shape index (κ2) is 5.50. The third-order valence-corrected chi connectivity index (χ3v) is 4.73. The van der Waals surface area contributed by atoms with E-state index in [0.29, 0.717) is 6.04 Å². The van der Waals surface area contributed by atoms with Gasteiger partial charge >= 0.3 is 0 Å². The van der Waals surface area contributed by atoms with E-state index in [1.165, 1.54) is 37.1 Å². The van der Waals surface area contributed by atoms with Gasteiger partial charge in [0.1, 0.15) is 0 Å². The standard InChI is InChI=1S/C18H28N2/c1-18(2,3)16-8-6-15(7-9-16)17(14-4-5-14)20-12-10-19-11-13-20/h6-9,14,17,19H,4-5,10-13H2,1-3H3/t17-/m1/s1. The largest absolute Gasteiger partial charge is 0.314 e. The van der Waals surface area contributed by atoms with Gasteiger partial charge in [0.15, 0.2) is 0 Å². The topological polar surface area (TPSA) is 15.3 Å². The smallest absolute Gasteiger partial charge is 0.0377 e. The molecule has 0 aromatic heterocycles. The van der Waals surface area contributed by atoms with E-state index in [-0.39, 0.29) is 5.41 Å². The molecule has 3 rings (SSSR count). The van der Waals surface area contributed by atoms with Crippen molar-refractivity contribution in [3.05, 3.63) is 35.4 Å². The summed E-state index contributed by atoms with van der Waals surface area (Å²) < 4.78 is 0. The minimum atomic E-state index is 0.253. The van der Waals surface area contributed by atoms with E-state index in [9.17, 15) is 0 Å². The van der Waals surface area contributed by atoms with Gasteiger partial charge in [-0.25, -0.2) is 0 Å². The van der Waals surface area contributed by atoms with Gasteiger partial charge in [0.25, 0.3) is 0 Å². The van der Waals surface area contributed by atoms with Gasteiger partial charge in [-0.1, -0.05) is 45.0 Å². The number of nitrogens with zero attached hydrogens (tertiary/aromatic N) is 1. The highest BCUT2D eigenvalue weighted by Crippen LogP contribution is 2.44. The highest BCUT2D eigenvalue weighted by atomic mass is 15.2. The fraction of sp³-hybridized carbons (Fsp3) is 0.667. The molecule has 0 spiro atoms. The van der Waals surface area contributed by atoms with E-state index in [0.717, 1.165) is 19.0 Å².